The Balaban J connectivity index is 1.71. The number of hydrogen-bond acceptors (Lipinski definition) is 6. The number of methoxy groups -OCH3 is 2. The molecule has 0 unspecified atom stereocenters. The smallest absolute Gasteiger partial charge is 0.245 e. The number of fused-ring (bicyclic) bond motifs is 1. The summed E-state index contributed by atoms with van der Waals surface area (Å²) in [4.78, 5) is 13.2. The van der Waals surface area contributed by atoms with Gasteiger partial charge in [0.1, 0.15) is 35.4 Å². The third kappa shape index (κ3) is 7.12. The van der Waals surface area contributed by atoms with Gasteiger partial charge in [0.2, 0.25) is 5.91 Å². The normalized spacial score (nSPS) is 13.1. The van der Waals surface area contributed by atoms with E-state index in [1.165, 1.54) is 17.0 Å². The number of rotatable bonds is 11. The summed E-state index contributed by atoms with van der Waals surface area (Å²) >= 11 is 0. The van der Waals surface area contributed by atoms with Crippen molar-refractivity contribution in [3.8, 4) is 23.0 Å². The Labute approximate surface area is 247 Å². The van der Waals surface area contributed by atoms with Gasteiger partial charge in [-0.1, -0.05) is 18.2 Å². The first-order valence-electron chi connectivity index (χ1n) is 14.0. The van der Waals surface area contributed by atoms with E-state index in [1.807, 2.05) is 37.3 Å². The molecule has 0 aromatic heterocycles. The molecule has 4 rings (SSSR count). The van der Waals surface area contributed by atoms with Gasteiger partial charge in [-0.2, -0.15) is 0 Å². The number of aryl methyl sites for hydroxylation is 2. The Hall–Kier alpha value is -4.30. The van der Waals surface area contributed by atoms with E-state index in [0.717, 1.165) is 58.2 Å². The summed E-state index contributed by atoms with van der Waals surface area (Å²) in [6.07, 6.45) is 5.72. The predicted octanol–water partition coefficient (Wildman–Crippen LogP) is 5.77. The zero-order valence-electron chi connectivity index (χ0n) is 24.9. The average molecular weight is 575 g/mol. The number of benzene rings is 3. The lowest BCUT2D eigenvalue weighted by molar-refractivity contribution is -0.123. The monoisotopic (exact) mass is 574 g/mol. The highest BCUT2D eigenvalue weighted by Crippen LogP contribution is 2.48. The average Bonchev–Trinajstić information content (AvgIpc) is 3.14. The predicted molar refractivity (Wildman–Crippen MR) is 164 cm³/mol. The zero-order chi connectivity index (χ0) is 30.2. The summed E-state index contributed by atoms with van der Waals surface area (Å²) in [6, 6.07) is 14.0. The number of carbonyl (C=O) groups is 1. The third-order valence-corrected chi connectivity index (χ3v) is 7.29. The molecule has 1 aliphatic rings. The Morgan fingerprint density at radius 3 is 2.40 bits per heavy atom. The minimum absolute atomic E-state index is 0.0618. The highest BCUT2D eigenvalue weighted by molar-refractivity contribution is 6.03. The molecular formula is C34H39FN2O5. The number of aromatic hydroxyl groups is 1. The van der Waals surface area contributed by atoms with Crippen LogP contribution in [0.15, 0.2) is 60.7 Å². The second-order valence-corrected chi connectivity index (χ2v) is 10.4. The molecule has 0 bridgehead atoms. The molecule has 0 spiro atoms. The fourth-order valence-electron chi connectivity index (χ4n) is 5.25. The van der Waals surface area contributed by atoms with Crippen molar-refractivity contribution >= 4 is 17.1 Å². The van der Waals surface area contributed by atoms with E-state index in [2.05, 4.69) is 5.32 Å². The van der Waals surface area contributed by atoms with Crippen LogP contribution in [-0.4, -0.2) is 63.9 Å². The highest BCUT2D eigenvalue weighted by atomic mass is 19.1. The van der Waals surface area contributed by atoms with Crippen molar-refractivity contribution in [3.63, 3.8) is 0 Å². The van der Waals surface area contributed by atoms with Gasteiger partial charge in [0.05, 0.1) is 19.8 Å². The van der Waals surface area contributed by atoms with Crippen molar-refractivity contribution < 1.29 is 28.5 Å². The number of ether oxygens (including phenoxy) is 3. The fraction of sp³-hybridized carbons (Fsp3) is 0.324. The molecule has 42 heavy (non-hydrogen) atoms. The van der Waals surface area contributed by atoms with Crippen molar-refractivity contribution in [1.29, 1.82) is 0 Å². The van der Waals surface area contributed by atoms with Crippen molar-refractivity contribution in [1.82, 2.24) is 10.2 Å². The van der Waals surface area contributed by atoms with Crippen LogP contribution in [0.4, 0.5) is 4.39 Å². The van der Waals surface area contributed by atoms with Crippen LogP contribution in [0.3, 0.4) is 0 Å². The van der Waals surface area contributed by atoms with E-state index in [4.69, 9.17) is 14.2 Å². The molecule has 0 aliphatic heterocycles. The van der Waals surface area contributed by atoms with Crippen LogP contribution >= 0.6 is 0 Å². The lowest BCUT2D eigenvalue weighted by Crippen LogP contribution is -2.22. The van der Waals surface area contributed by atoms with Gasteiger partial charge >= 0.3 is 0 Å². The van der Waals surface area contributed by atoms with Gasteiger partial charge in [0, 0.05) is 51.0 Å². The first-order chi connectivity index (χ1) is 20.2. The highest BCUT2D eigenvalue weighted by Gasteiger charge is 2.27. The molecule has 3 aromatic carbocycles. The van der Waals surface area contributed by atoms with Gasteiger partial charge in [-0.05, 0) is 78.3 Å². The molecule has 0 radical (unpaired) electrons. The van der Waals surface area contributed by atoms with Gasteiger partial charge in [-0.15, -0.1) is 0 Å². The van der Waals surface area contributed by atoms with Gasteiger partial charge in [-0.3, -0.25) is 4.79 Å². The quantitative estimate of drug-likeness (QED) is 0.224. The van der Waals surface area contributed by atoms with E-state index < -0.39 is 0 Å². The van der Waals surface area contributed by atoms with Crippen LogP contribution in [0.25, 0.3) is 11.1 Å². The third-order valence-electron chi connectivity index (χ3n) is 7.29. The van der Waals surface area contributed by atoms with Crippen molar-refractivity contribution in [2.24, 2.45) is 0 Å². The Morgan fingerprint density at radius 1 is 1.02 bits per heavy atom. The molecule has 0 fully saturated rings. The number of amides is 1. The summed E-state index contributed by atoms with van der Waals surface area (Å²) in [7, 11) is 6.65. The topological polar surface area (TPSA) is 80.3 Å². The second kappa shape index (κ2) is 14.0. The molecule has 0 saturated carbocycles. The van der Waals surface area contributed by atoms with E-state index in [0.29, 0.717) is 36.9 Å². The molecule has 8 heteroatoms. The number of nitrogens with zero attached hydrogens (tertiary/aromatic N) is 1. The van der Waals surface area contributed by atoms with Gasteiger partial charge < -0.3 is 29.5 Å². The Morgan fingerprint density at radius 2 is 1.74 bits per heavy atom. The standard InChI is InChI=1S/C34H39FN2O5/c1-22-18-24(35)11-13-27(22)29-9-6-8-23-19-25(38)12-14-28(23)33(29)34-30(40-4)20-26(21-31(34)41-5)42-17-16-36-15-7-10-32(39)37(2)3/h7,10-14,18-21,36,38H,6,8-9,15-17H2,1-5H3/b10-7+. The van der Waals surface area contributed by atoms with Crippen LogP contribution in [0.2, 0.25) is 0 Å². The SMILES string of the molecule is COc1cc(OCCNC/C=C/C(=O)N(C)C)cc(OC)c1C1=C(c2ccc(F)cc2C)CCCc2cc(O)ccc21. The van der Waals surface area contributed by atoms with Gasteiger partial charge in [0.25, 0.3) is 0 Å². The maximum absolute atomic E-state index is 14.1. The number of allylic oxidation sites excluding steroid dienone is 1. The minimum Gasteiger partial charge on any atom is -0.508 e. The van der Waals surface area contributed by atoms with E-state index >= 15 is 0 Å². The van der Waals surface area contributed by atoms with Gasteiger partial charge in [-0.25, -0.2) is 4.39 Å². The molecule has 0 heterocycles. The molecule has 0 atom stereocenters. The minimum atomic E-state index is -0.276. The number of likely N-dealkylation sites (N-methyl/N-ethyl adjacent to an activating group) is 1. The molecule has 7 nitrogen and oxygen atoms in total. The number of phenolic OH excluding ortho intramolecular Hbond substituents is 1. The zero-order valence-corrected chi connectivity index (χ0v) is 24.9. The summed E-state index contributed by atoms with van der Waals surface area (Å²) in [5, 5.41) is 13.5. The molecule has 2 N–H and O–H groups in total. The summed E-state index contributed by atoms with van der Waals surface area (Å²) in [5.74, 6) is 1.62. The van der Waals surface area contributed by atoms with Crippen LogP contribution in [0.1, 0.15) is 40.7 Å². The number of hydrogen-bond donors (Lipinski definition) is 2. The van der Waals surface area contributed by atoms with Crippen molar-refractivity contribution in [2.45, 2.75) is 26.2 Å². The van der Waals surface area contributed by atoms with Gasteiger partial charge in [0.15, 0.2) is 0 Å². The van der Waals surface area contributed by atoms with E-state index in [9.17, 15) is 14.3 Å². The number of nitrogens with one attached hydrogen (secondary N) is 1. The van der Waals surface area contributed by atoms with Crippen LogP contribution < -0.4 is 19.5 Å². The number of carbonyl (C=O) groups excluding carboxylic acids is 1. The maximum atomic E-state index is 14.1. The molecule has 0 saturated heterocycles. The summed E-state index contributed by atoms with van der Waals surface area (Å²) < 4.78 is 32.0. The van der Waals surface area contributed by atoms with Crippen molar-refractivity contribution in [2.75, 3.05) is 48.0 Å². The Bertz CT molecular complexity index is 1470. The Kier molecular flexibility index (Phi) is 10.3. The summed E-state index contributed by atoms with van der Waals surface area (Å²) in [6.45, 7) is 3.43. The number of phenols is 1. The van der Waals surface area contributed by atoms with Crippen LogP contribution in [-0.2, 0) is 11.2 Å². The summed E-state index contributed by atoms with van der Waals surface area (Å²) in [5.41, 5.74) is 6.57. The van der Waals surface area contributed by atoms with Crippen LogP contribution in [0.5, 0.6) is 23.0 Å². The first-order valence-corrected chi connectivity index (χ1v) is 14.0. The van der Waals surface area contributed by atoms with E-state index in [1.54, 1.807) is 46.5 Å². The van der Waals surface area contributed by atoms with Crippen LogP contribution in [0, 0.1) is 12.7 Å². The van der Waals surface area contributed by atoms with E-state index in [-0.39, 0.29) is 17.5 Å². The molecule has 1 aliphatic carbocycles. The molecule has 1 amide bonds. The molecule has 3 aromatic rings. The number of halogens is 1. The molecular weight excluding hydrogens is 535 g/mol. The lowest BCUT2D eigenvalue weighted by Gasteiger charge is -2.23. The van der Waals surface area contributed by atoms with Crippen molar-refractivity contribution in [3.05, 3.63) is 94.3 Å². The maximum Gasteiger partial charge on any atom is 0.245 e. The largest absolute Gasteiger partial charge is 0.508 e. The lowest BCUT2D eigenvalue weighted by atomic mass is 9.85. The fourth-order valence-corrected chi connectivity index (χ4v) is 5.25. The first kappa shape index (κ1) is 30.7. The second-order valence-electron chi connectivity index (χ2n) is 10.4. The molecule has 222 valence electrons.